The van der Waals surface area contributed by atoms with Crippen LogP contribution >= 0.6 is 0 Å². The summed E-state index contributed by atoms with van der Waals surface area (Å²) in [5, 5.41) is 10.7. The number of benzene rings is 1. The number of carbonyl (C=O) groups is 1. The van der Waals surface area contributed by atoms with Gasteiger partial charge in [-0.25, -0.2) is 0 Å². The smallest absolute Gasteiger partial charge is 0.305 e. The summed E-state index contributed by atoms with van der Waals surface area (Å²) in [7, 11) is 4.16. The molecule has 0 radical (unpaired) electrons. The van der Waals surface area contributed by atoms with E-state index in [1.54, 1.807) is 24.3 Å². The Morgan fingerprint density at radius 1 is 1.32 bits per heavy atom. The molecule has 1 fully saturated rings. The van der Waals surface area contributed by atoms with Gasteiger partial charge in [0.15, 0.2) is 6.54 Å². The molecule has 19 heavy (non-hydrogen) atoms. The largest absolute Gasteiger partial charge is 0.316 e. The highest BCUT2D eigenvalue weighted by atomic mass is 16.5. The number of likely N-dealkylation sites (N-methyl/N-ethyl adjacent to an activating group) is 2. The van der Waals surface area contributed by atoms with Gasteiger partial charge >= 0.3 is 5.91 Å². The van der Waals surface area contributed by atoms with Gasteiger partial charge in [-0.3, -0.25) is 14.9 Å². The fraction of sp³-hybridized carbons (Fsp3) is 0.500. The standard InChI is InChI=1S/C14H22N3O2/c1-15-8-10-17(2,11-9-15)12-14(18)16(19)13-6-4-3-5-7-13/h3-7,19H,8-12H2,1-2H3/q+1. The number of quaternary nitrogens is 1. The molecule has 0 aromatic heterocycles. The van der Waals surface area contributed by atoms with E-state index in [9.17, 15) is 10.0 Å². The molecule has 1 amide bonds. The minimum atomic E-state index is -0.252. The van der Waals surface area contributed by atoms with Crippen molar-refractivity contribution in [2.45, 2.75) is 0 Å². The quantitative estimate of drug-likeness (QED) is 0.499. The zero-order chi connectivity index (χ0) is 13.9. The van der Waals surface area contributed by atoms with Crippen LogP contribution in [0.3, 0.4) is 0 Å². The second-order valence-corrected chi connectivity index (χ2v) is 5.57. The normalized spacial score (nSPS) is 19.1. The molecule has 5 heteroatoms. The number of para-hydroxylation sites is 1. The van der Waals surface area contributed by atoms with E-state index < -0.39 is 0 Å². The van der Waals surface area contributed by atoms with Crippen LogP contribution in [0.4, 0.5) is 5.69 Å². The van der Waals surface area contributed by atoms with Crippen molar-refractivity contribution < 1.29 is 14.5 Å². The van der Waals surface area contributed by atoms with Gasteiger partial charge in [0.1, 0.15) is 0 Å². The number of anilines is 1. The second-order valence-electron chi connectivity index (χ2n) is 5.57. The summed E-state index contributed by atoms with van der Waals surface area (Å²) < 4.78 is 0.688. The summed E-state index contributed by atoms with van der Waals surface area (Å²) in [4.78, 5) is 14.4. The molecule has 104 valence electrons. The Bertz CT molecular complexity index is 428. The first-order chi connectivity index (χ1) is 9.00. The third-order valence-electron chi connectivity index (χ3n) is 3.80. The molecular weight excluding hydrogens is 242 g/mol. The Morgan fingerprint density at radius 3 is 2.47 bits per heavy atom. The molecule has 0 unspecified atom stereocenters. The number of hydrogen-bond acceptors (Lipinski definition) is 3. The molecule has 1 aliphatic rings. The van der Waals surface area contributed by atoms with Crippen molar-refractivity contribution in [2.24, 2.45) is 0 Å². The average Bonchev–Trinajstić information content (AvgIpc) is 2.42. The van der Waals surface area contributed by atoms with Gasteiger partial charge in [-0.05, 0) is 19.2 Å². The van der Waals surface area contributed by atoms with E-state index in [2.05, 4.69) is 19.0 Å². The molecule has 0 bridgehead atoms. The summed E-state index contributed by atoms with van der Waals surface area (Å²) in [6, 6.07) is 8.91. The number of hydroxylamine groups is 1. The van der Waals surface area contributed by atoms with Crippen molar-refractivity contribution in [2.75, 3.05) is 51.9 Å². The van der Waals surface area contributed by atoms with Gasteiger partial charge in [-0.1, -0.05) is 18.2 Å². The van der Waals surface area contributed by atoms with Crippen LogP contribution in [0.5, 0.6) is 0 Å². The second kappa shape index (κ2) is 5.69. The van der Waals surface area contributed by atoms with Crippen molar-refractivity contribution in [3.63, 3.8) is 0 Å². The lowest BCUT2D eigenvalue weighted by molar-refractivity contribution is -0.906. The van der Waals surface area contributed by atoms with E-state index in [4.69, 9.17) is 0 Å². The number of rotatable bonds is 3. The molecule has 0 atom stereocenters. The number of piperazine rings is 1. The SMILES string of the molecule is CN1CC[N+](C)(CC(=O)N(O)c2ccccc2)CC1. The molecule has 1 aromatic carbocycles. The summed E-state index contributed by atoms with van der Waals surface area (Å²) in [6.07, 6.45) is 0. The van der Waals surface area contributed by atoms with Crippen LogP contribution in [0.15, 0.2) is 30.3 Å². The van der Waals surface area contributed by atoms with E-state index in [0.717, 1.165) is 31.2 Å². The van der Waals surface area contributed by atoms with Crippen LogP contribution < -0.4 is 5.06 Å². The maximum atomic E-state index is 12.1. The van der Waals surface area contributed by atoms with Crippen LogP contribution in [0, 0.1) is 0 Å². The Kier molecular flexibility index (Phi) is 4.19. The topological polar surface area (TPSA) is 43.8 Å². The molecule has 2 rings (SSSR count). The van der Waals surface area contributed by atoms with Crippen molar-refractivity contribution in [3.05, 3.63) is 30.3 Å². The molecule has 0 saturated carbocycles. The minimum absolute atomic E-state index is 0.252. The Hall–Kier alpha value is -1.43. The first-order valence-electron chi connectivity index (χ1n) is 6.59. The molecular formula is C14H22N3O2+. The Balaban J connectivity index is 1.97. The highest BCUT2D eigenvalue weighted by molar-refractivity contribution is 5.91. The van der Waals surface area contributed by atoms with Crippen LogP contribution in [0.25, 0.3) is 0 Å². The van der Waals surface area contributed by atoms with E-state index in [0.29, 0.717) is 16.7 Å². The van der Waals surface area contributed by atoms with Crippen LogP contribution in [-0.4, -0.2) is 67.3 Å². The Morgan fingerprint density at radius 2 is 1.89 bits per heavy atom. The average molecular weight is 264 g/mol. The van der Waals surface area contributed by atoms with E-state index >= 15 is 0 Å². The molecule has 1 aromatic rings. The number of carbonyl (C=O) groups excluding carboxylic acids is 1. The zero-order valence-electron chi connectivity index (χ0n) is 11.6. The molecule has 0 spiro atoms. The molecule has 1 saturated heterocycles. The van der Waals surface area contributed by atoms with Gasteiger partial charge in [0.25, 0.3) is 0 Å². The van der Waals surface area contributed by atoms with Crippen molar-refractivity contribution in [3.8, 4) is 0 Å². The zero-order valence-corrected chi connectivity index (χ0v) is 11.6. The summed E-state index contributed by atoms with van der Waals surface area (Å²) in [6.45, 7) is 4.18. The van der Waals surface area contributed by atoms with E-state index in [1.807, 2.05) is 6.07 Å². The van der Waals surface area contributed by atoms with Gasteiger partial charge in [-0.2, -0.15) is 5.06 Å². The maximum Gasteiger partial charge on any atom is 0.305 e. The van der Waals surface area contributed by atoms with Gasteiger partial charge in [0, 0.05) is 13.1 Å². The number of amides is 1. The lowest BCUT2D eigenvalue weighted by Crippen LogP contribution is -2.59. The van der Waals surface area contributed by atoms with Crippen LogP contribution in [0.2, 0.25) is 0 Å². The summed E-state index contributed by atoms with van der Waals surface area (Å²) >= 11 is 0. The van der Waals surface area contributed by atoms with Crippen LogP contribution in [-0.2, 0) is 4.79 Å². The lowest BCUT2D eigenvalue weighted by atomic mass is 10.2. The number of nitrogens with zero attached hydrogens (tertiary/aromatic N) is 3. The highest BCUT2D eigenvalue weighted by Crippen LogP contribution is 2.14. The monoisotopic (exact) mass is 264 g/mol. The van der Waals surface area contributed by atoms with Gasteiger partial charge < -0.3 is 4.48 Å². The predicted molar refractivity (Wildman–Crippen MR) is 74.0 cm³/mol. The van der Waals surface area contributed by atoms with E-state index in [-0.39, 0.29) is 5.91 Å². The third-order valence-corrected chi connectivity index (χ3v) is 3.80. The van der Waals surface area contributed by atoms with Crippen molar-refractivity contribution in [1.82, 2.24) is 4.90 Å². The fourth-order valence-electron chi connectivity index (χ4n) is 2.31. The molecule has 0 aliphatic carbocycles. The summed E-state index contributed by atoms with van der Waals surface area (Å²) in [5.41, 5.74) is 0.522. The predicted octanol–water partition coefficient (Wildman–Crippen LogP) is 0.801. The molecule has 1 heterocycles. The van der Waals surface area contributed by atoms with Gasteiger partial charge in [0.2, 0.25) is 0 Å². The summed E-state index contributed by atoms with van der Waals surface area (Å²) in [5.74, 6) is -0.252. The van der Waals surface area contributed by atoms with Crippen molar-refractivity contribution >= 4 is 11.6 Å². The maximum absolute atomic E-state index is 12.1. The van der Waals surface area contributed by atoms with Gasteiger partial charge in [0.05, 0.1) is 25.8 Å². The molecule has 1 aliphatic heterocycles. The minimum Gasteiger partial charge on any atom is -0.316 e. The van der Waals surface area contributed by atoms with Crippen molar-refractivity contribution in [1.29, 1.82) is 0 Å². The first-order valence-corrected chi connectivity index (χ1v) is 6.59. The molecule has 1 N–H and O–H groups in total. The lowest BCUT2D eigenvalue weighted by Gasteiger charge is -2.40. The fourth-order valence-corrected chi connectivity index (χ4v) is 2.31. The first kappa shape index (κ1) is 14.0. The third kappa shape index (κ3) is 3.53. The van der Waals surface area contributed by atoms with E-state index in [1.165, 1.54) is 0 Å². The highest BCUT2D eigenvalue weighted by Gasteiger charge is 2.31. The van der Waals surface area contributed by atoms with Crippen LogP contribution in [0.1, 0.15) is 0 Å². The number of hydrogen-bond donors (Lipinski definition) is 1. The Labute approximate surface area is 114 Å². The molecule has 5 nitrogen and oxygen atoms in total. The van der Waals surface area contributed by atoms with Gasteiger partial charge in [-0.15, -0.1) is 0 Å².